The summed E-state index contributed by atoms with van der Waals surface area (Å²) in [4.78, 5) is 2.85. The van der Waals surface area contributed by atoms with E-state index >= 15 is 0 Å². The second-order valence-electron chi connectivity index (χ2n) is 4.04. The molecule has 0 aliphatic heterocycles. The lowest BCUT2D eigenvalue weighted by Crippen LogP contribution is -2.09. The predicted octanol–water partition coefficient (Wildman–Crippen LogP) is 3.11. The molecule has 13 heavy (non-hydrogen) atoms. The van der Waals surface area contributed by atoms with Crippen molar-refractivity contribution in [1.82, 2.24) is 0 Å². The summed E-state index contributed by atoms with van der Waals surface area (Å²) in [6.45, 7) is 3.95. The number of thiophene rings is 1. The van der Waals surface area contributed by atoms with E-state index in [2.05, 4.69) is 19.1 Å². The Balaban J connectivity index is 2.11. The number of hydrogen-bond donors (Lipinski definition) is 1. The van der Waals surface area contributed by atoms with Crippen LogP contribution in [0.5, 0.6) is 0 Å². The largest absolute Gasteiger partial charge is 0.393 e. The van der Waals surface area contributed by atoms with Crippen LogP contribution in [0.25, 0.3) is 0 Å². The Morgan fingerprint density at radius 1 is 1.38 bits per heavy atom. The van der Waals surface area contributed by atoms with Gasteiger partial charge in [-0.25, -0.2) is 0 Å². The summed E-state index contributed by atoms with van der Waals surface area (Å²) in [5, 5.41) is 9.44. The van der Waals surface area contributed by atoms with Crippen LogP contribution < -0.4 is 0 Å². The van der Waals surface area contributed by atoms with Gasteiger partial charge < -0.3 is 5.11 Å². The quantitative estimate of drug-likeness (QED) is 0.787. The van der Waals surface area contributed by atoms with Crippen LogP contribution in [0.2, 0.25) is 0 Å². The molecular weight excluding hydrogens is 180 g/mol. The second kappa shape index (κ2) is 3.43. The average Bonchev–Trinajstić information content (AvgIpc) is 2.83. The first-order valence-electron chi connectivity index (χ1n) is 4.96. The van der Waals surface area contributed by atoms with Crippen molar-refractivity contribution in [3.63, 3.8) is 0 Å². The van der Waals surface area contributed by atoms with Crippen molar-refractivity contribution in [3.05, 3.63) is 21.9 Å². The zero-order valence-electron chi connectivity index (χ0n) is 8.16. The summed E-state index contributed by atoms with van der Waals surface area (Å²) >= 11 is 1.88. The highest BCUT2D eigenvalue weighted by Gasteiger charge is 2.26. The average molecular weight is 196 g/mol. The molecule has 0 aromatic carbocycles. The third kappa shape index (κ3) is 1.94. The molecule has 0 saturated heterocycles. The summed E-state index contributed by atoms with van der Waals surface area (Å²) in [7, 11) is 0. The van der Waals surface area contributed by atoms with Crippen molar-refractivity contribution < 1.29 is 5.11 Å². The fourth-order valence-electron chi connectivity index (χ4n) is 1.44. The summed E-state index contributed by atoms with van der Waals surface area (Å²) < 4.78 is 0. The highest BCUT2D eigenvalue weighted by atomic mass is 32.1. The Morgan fingerprint density at radius 3 is 2.62 bits per heavy atom. The lowest BCUT2D eigenvalue weighted by Gasteiger charge is -2.11. The summed E-state index contributed by atoms with van der Waals surface area (Å²) in [5.74, 6) is 1.14. The van der Waals surface area contributed by atoms with Crippen molar-refractivity contribution in [2.24, 2.45) is 0 Å². The predicted molar refractivity (Wildman–Crippen MR) is 56.4 cm³/mol. The van der Waals surface area contributed by atoms with E-state index in [4.69, 9.17) is 0 Å². The summed E-state index contributed by atoms with van der Waals surface area (Å²) in [6.07, 6.45) is 2.50. The molecule has 2 unspecified atom stereocenters. The highest BCUT2D eigenvalue weighted by molar-refractivity contribution is 7.12. The number of rotatable bonds is 3. The first kappa shape index (κ1) is 9.22. The van der Waals surface area contributed by atoms with Crippen molar-refractivity contribution in [3.8, 4) is 0 Å². The van der Waals surface area contributed by atoms with Gasteiger partial charge in [0.05, 0.1) is 6.10 Å². The van der Waals surface area contributed by atoms with Crippen LogP contribution >= 0.6 is 11.3 Å². The van der Waals surface area contributed by atoms with Gasteiger partial charge in [-0.2, -0.15) is 0 Å². The third-order valence-corrected chi connectivity index (χ3v) is 4.25. The van der Waals surface area contributed by atoms with Gasteiger partial charge in [0.1, 0.15) is 0 Å². The topological polar surface area (TPSA) is 20.2 Å². The molecule has 0 spiro atoms. The maximum atomic E-state index is 9.44. The molecule has 1 nitrogen and oxygen atoms in total. The van der Waals surface area contributed by atoms with Crippen molar-refractivity contribution >= 4 is 11.3 Å². The standard InChI is InChI=1S/C11H16OS/c1-7(8(2)12)10-5-6-11(13-10)9-3-4-9/h5-9,12H,3-4H2,1-2H3. The zero-order valence-corrected chi connectivity index (χ0v) is 8.97. The van der Waals surface area contributed by atoms with Gasteiger partial charge in [-0.1, -0.05) is 6.92 Å². The van der Waals surface area contributed by atoms with Crippen molar-refractivity contribution in [1.29, 1.82) is 0 Å². The SMILES string of the molecule is CC(O)C(C)c1ccc(C2CC2)s1. The Kier molecular flexibility index (Phi) is 2.43. The van der Waals surface area contributed by atoms with E-state index in [1.807, 2.05) is 18.3 Å². The molecule has 1 aromatic heterocycles. The van der Waals surface area contributed by atoms with Crippen LogP contribution in [0.1, 0.15) is 48.3 Å². The smallest absolute Gasteiger partial charge is 0.0585 e. The minimum Gasteiger partial charge on any atom is -0.393 e. The van der Waals surface area contributed by atoms with Crippen molar-refractivity contribution in [2.75, 3.05) is 0 Å². The zero-order chi connectivity index (χ0) is 9.42. The molecule has 0 radical (unpaired) electrons. The molecule has 1 aliphatic rings. The van der Waals surface area contributed by atoms with Crippen LogP contribution in [0.3, 0.4) is 0 Å². The van der Waals surface area contributed by atoms with Crippen LogP contribution in [-0.2, 0) is 0 Å². The van der Waals surface area contributed by atoms with Crippen LogP contribution in [0.4, 0.5) is 0 Å². The molecule has 2 heteroatoms. The van der Waals surface area contributed by atoms with E-state index < -0.39 is 0 Å². The van der Waals surface area contributed by atoms with E-state index in [-0.39, 0.29) is 12.0 Å². The molecule has 2 rings (SSSR count). The van der Waals surface area contributed by atoms with Crippen LogP contribution in [-0.4, -0.2) is 11.2 Å². The molecule has 1 fully saturated rings. The summed E-state index contributed by atoms with van der Waals surface area (Å²) in [5.41, 5.74) is 0. The van der Waals surface area contributed by atoms with Crippen LogP contribution in [0, 0.1) is 0 Å². The maximum absolute atomic E-state index is 9.44. The highest BCUT2D eigenvalue weighted by Crippen LogP contribution is 2.44. The maximum Gasteiger partial charge on any atom is 0.0585 e. The van der Waals surface area contributed by atoms with E-state index in [9.17, 15) is 5.11 Å². The fourth-order valence-corrected chi connectivity index (χ4v) is 2.77. The molecule has 1 saturated carbocycles. The van der Waals surface area contributed by atoms with E-state index in [1.165, 1.54) is 22.6 Å². The van der Waals surface area contributed by atoms with Gasteiger partial charge in [0.25, 0.3) is 0 Å². The fraction of sp³-hybridized carbons (Fsp3) is 0.636. The lowest BCUT2D eigenvalue weighted by atomic mass is 10.1. The number of aliphatic hydroxyl groups excluding tert-OH is 1. The number of hydrogen-bond acceptors (Lipinski definition) is 2. The second-order valence-corrected chi connectivity index (χ2v) is 5.19. The van der Waals surface area contributed by atoms with Gasteiger partial charge in [-0.3, -0.25) is 0 Å². The Labute approximate surface area is 83.4 Å². The van der Waals surface area contributed by atoms with Gasteiger partial charge in [0, 0.05) is 15.7 Å². The van der Waals surface area contributed by atoms with Gasteiger partial charge in [0.15, 0.2) is 0 Å². The van der Waals surface area contributed by atoms with Crippen molar-refractivity contribution in [2.45, 2.75) is 44.6 Å². The van der Waals surface area contributed by atoms with Crippen LogP contribution in [0.15, 0.2) is 12.1 Å². The monoisotopic (exact) mass is 196 g/mol. The minimum absolute atomic E-state index is 0.231. The molecular formula is C11H16OS. The van der Waals surface area contributed by atoms with E-state index in [1.54, 1.807) is 0 Å². The Bertz CT molecular complexity index is 286. The molecule has 1 aliphatic carbocycles. The lowest BCUT2D eigenvalue weighted by molar-refractivity contribution is 0.170. The molecule has 1 aromatic rings. The molecule has 0 amide bonds. The normalized spacial score (nSPS) is 21.5. The first-order valence-corrected chi connectivity index (χ1v) is 5.78. The van der Waals surface area contributed by atoms with Gasteiger partial charge in [-0.05, 0) is 37.8 Å². The molecule has 72 valence electrons. The molecule has 0 bridgehead atoms. The Hall–Kier alpha value is -0.340. The van der Waals surface area contributed by atoms with E-state index in [0.29, 0.717) is 0 Å². The van der Waals surface area contributed by atoms with E-state index in [0.717, 1.165) is 5.92 Å². The molecule has 2 atom stereocenters. The summed E-state index contributed by atoms with van der Waals surface area (Å²) in [6, 6.07) is 4.41. The van der Waals surface area contributed by atoms with Gasteiger partial charge in [-0.15, -0.1) is 11.3 Å². The minimum atomic E-state index is -0.231. The molecule has 1 N–H and O–H groups in total. The third-order valence-electron chi connectivity index (χ3n) is 2.80. The van der Waals surface area contributed by atoms with Gasteiger partial charge in [0.2, 0.25) is 0 Å². The Morgan fingerprint density at radius 2 is 2.08 bits per heavy atom. The first-order chi connectivity index (χ1) is 6.18. The number of aliphatic hydroxyl groups is 1. The van der Waals surface area contributed by atoms with Gasteiger partial charge >= 0.3 is 0 Å². The molecule has 1 heterocycles.